The van der Waals surface area contributed by atoms with Gasteiger partial charge in [0.1, 0.15) is 28.9 Å². The van der Waals surface area contributed by atoms with Crippen molar-refractivity contribution in [3.05, 3.63) is 83.5 Å². The fourth-order valence-electron chi connectivity index (χ4n) is 3.16. The van der Waals surface area contributed by atoms with Crippen molar-refractivity contribution < 1.29 is 18.6 Å². The van der Waals surface area contributed by atoms with Gasteiger partial charge in [-0.3, -0.25) is 0 Å². The Labute approximate surface area is 181 Å². The molecule has 6 nitrogen and oxygen atoms in total. The maximum Gasteiger partial charge on any atom is 0.254 e. The molecule has 1 aliphatic carbocycles. The molecule has 0 amide bonds. The van der Waals surface area contributed by atoms with Crippen LogP contribution in [0.25, 0.3) is 22.5 Å². The van der Waals surface area contributed by atoms with Crippen LogP contribution in [0.15, 0.2) is 61.0 Å². The molecule has 0 fully saturated rings. The van der Waals surface area contributed by atoms with Gasteiger partial charge in [0, 0.05) is 30.7 Å². The highest BCUT2D eigenvalue weighted by Gasteiger charge is 2.25. The van der Waals surface area contributed by atoms with Crippen LogP contribution in [0, 0.1) is 11.6 Å². The van der Waals surface area contributed by atoms with E-state index in [2.05, 4.69) is 15.1 Å². The molecule has 158 valence electrons. The van der Waals surface area contributed by atoms with Gasteiger partial charge in [-0.05, 0) is 0 Å². The lowest BCUT2D eigenvalue weighted by molar-refractivity contribution is 0.233. The van der Waals surface area contributed by atoms with Crippen molar-refractivity contribution in [2.24, 2.45) is 0 Å². The van der Waals surface area contributed by atoms with E-state index in [-0.39, 0.29) is 41.0 Å². The van der Waals surface area contributed by atoms with E-state index in [1.807, 2.05) is 18.2 Å². The summed E-state index contributed by atoms with van der Waals surface area (Å²) in [5.74, 6) is -1.52. The lowest BCUT2D eigenvalue weighted by Gasteiger charge is -2.16. The summed E-state index contributed by atoms with van der Waals surface area (Å²) in [6.45, 7) is 0.0443. The molecule has 1 N–H and O–H groups in total. The van der Waals surface area contributed by atoms with E-state index < -0.39 is 11.6 Å². The van der Waals surface area contributed by atoms with E-state index >= 15 is 8.78 Å². The van der Waals surface area contributed by atoms with Gasteiger partial charge in [-0.25, -0.2) is 8.78 Å². The summed E-state index contributed by atoms with van der Waals surface area (Å²) in [5, 5.41) is 12.9. The van der Waals surface area contributed by atoms with Crippen LogP contribution in [0.3, 0.4) is 0 Å². The molecule has 0 atom stereocenters. The molecule has 4 rings (SSSR count). The average molecular weight is 443 g/mol. The SMILES string of the molecule is OCCCOc1cc(F)c(-c2c(Cl)nc3ncnn3c2C2=CC=CC=CC=C2)c(F)c1. The number of hydrogen-bond donors (Lipinski definition) is 1. The molecular weight excluding hydrogens is 426 g/mol. The Morgan fingerprint density at radius 2 is 1.77 bits per heavy atom. The molecule has 0 saturated heterocycles. The van der Waals surface area contributed by atoms with Crippen molar-refractivity contribution in [3.8, 4) is 16.9 Å². The monoisotopic (exact) mass is 442 g/mol. The van der Waals surface area contributed by atoms with E-state index in [1.165, 1.54) is 10.8 Å². The van der Waals surface area contributed by atoms with Gasteiger partial charge < -0.3 is 9.84 Å². The molecule has 1 aliphatic rings. The number of nitrogens with zero attached hydrogens (tertiary/aromatic N) is 4. The Kier molecular flexibility index (Phi) is 6.20. The number of ether oxygens (including phenoxy) is 1. The fourth-order valence-corrected chi connectivity index (χ4v) is 3.42. The number of fused-ring (bicyclic) bond motifs is 1. The molecule has 0 bridgehead atoms. The number of aliphatic hydroxyl groups excluding tert-OH is 1. The summed E-state index contributed by atoms with van der Waals surface area (Å²) >= 11 is 6.41. The van der Waals surface area contributed by atoms with Gasteiger partial charge in [0.05, 0.1) is 23.4 Å². The van der Waals surface area contributed by atoms with Crippen LogP contribution in [0.5, 0.6) is 5.75 Å². The largest absolute Gasteiger partial charge is 0.493 e. The first-order valence-electron chi connectivity index (χ1n) is 9.44. The standard InChI is InChI=1S/C22H17ClF2N4O2/c23-21-19(18-16(24)11-15(12-17(18)25)31-10-6-9-30)20(29-22(28-21)26-13-27-29)14-7-4-2-1-3-5-8-14/h1-5,7-8,11-13,30H,6,9-10H2. The summed E-state index contributed by atoms with van der Waals surface area (Å²) < 4.78 is 37.0. The molecule has 0 unspecified atom stereocenters. The Balaban J connectivity index is 1.93. The topological polar surface area (TPSA) is 72.5 Å². The van der Waals surface area contributed by atoms with Gasteiger partial charge in [0.15, 0.2) is 0 Å². The fraction of sp³-hybridized carbons (Fsp3) is 0.136. The van der Waals surface area contributed by atoms with Gasteiger partial charge in [-0.2, -0.15) is 19.6 Å². The predicted octanol–water partition coefficient (Wildman–Crippen LogP) is 4.55. The van der Waals surface area contributed by atoms with Crippen LogP contribution >= 0.6 is 11.6 Å². The second kappa shape index (κ2) is 9.20. The summed E-state index contributed by atoms with van der Waals surface area (Å²) in [4.78, 5) is 8.21. The van der Waals surface area contributed by atoms with Crippen molar-refractivity contribution in [3.63, 3.8) is 0 Å². The Morgan fingerprint density at radius 3 is 2.55 bits per heavy atom. The van der Waals surface area contributed by atoms with Crippen LogP contribution < -0.4 is 4.74 Å². The zero-order chi connectivity index (χ0) is 21.8. The maximum absolute atomic E-state index is 15.1. The van der Waals surface area contributed by atoms with Crippen LogP contribution in [0.4, 0.5) is 8.78 Å². The van der Waals surface area contributed by atoms with Gasteiger partial charge >= 0.3 is 0 Å². The van der Waals surface area contributed by atoms with Crippen molar-refractivity contribution in [1.29, 1.82) is 0 Å². The molecule has 2 aromatic heterocycles. The lowest BCUT2D eigenvalue weighted by atomic mass is 9.98. The third kappa shape index (κ3) is 4.26. The molecule has 3 aromatic rings. The summed E-state index contributed by atoms with van der Waals surface area (Å²) in [7, 11) is 0. The zero-order valence-corrected chi connectivity index (χ0v) is 16.9. The Bertz CT molecular complexity index is 1220. The van der Waals surface area contributed by atoms with Gasteiger partial charge in [-0.1, -0.05) is 54.1 Å². The maximum atomic E-state index is 15.1. The molecule has 0 radical (unpaired) electrons. The second-order valence-corrected chi connectivity index (χ2v) is 6.89. The van der Waals surface area contributed by atoms with Crippen LogP contribution in [0.2, 0.25) is 5.15 Å². The quantitative estimate of drug-likeness (QED) is 0.448. The number of rotatable bonds is 6. The van der Waals surface area contributed by atoms with Crippen molar-refractivity contribution in [2.75, 3.05) is 13.2 Å². The zero-order valence-electron chi connectivity index (χ0n) is 16.2. The van der Waals surface area contributed by atoms with Crippen molar-refractivity contribution in [2.45, 2.75) is 6.42 Å². The van der Waals surface area contributed by atoms with Crippen molar-refractivity contribution in [1.82, 2.24) is 19.6 Å². The summed E-state index contributed by atoms with van der Waals surface area (Å²) in [6.07, 6.45) is 14.3. The van der Waals surface area contributed by atoms with E-state index in [0.717, 1.165) is 12.1 Å². The van der Waals surface area contributed by atoms with Gasteiger partial charge in [0.25, 0.3) is 5.78 Å². The highest BCUT2D eigenvalue weighted by Crippen LogP contribution is 2.39. The minimum Gasteiger partial charge on any atom is -0.493 e. The van der Waals surface area contributed by atoms with E-state index in [9.17, 15) is 0 Å². The molecule has 2 heterocycles. The highest BCUT2D eigenvalue weighted by atomic mass is 35.5. The normalized spacial score (nSPS) is 13.4. The third-order valence-corrected chi connectivity index (χ3v) is 4.76. The second-order valence-electron chi connectivity index (χ2n) is 6.54. The molecule has 9 heteroatoms. The average Bonchev–Trinajstić information content (AvgIpc) is 3.16. The van der Waals surface area contributed by atoms with Crippen LogP contribution in [-0.4, -0.2) is 37.9 Å². The first kappa shape index (κ1) is 20.9. The van der Waals surface area contributed by atoms with E-state index in [4.69, 9.17) is 21.4 Å². The minimum atomic E-state index is -0.866. The number of allylic oxidation sites excluding steroid dienone is 8. The third-order valence-electron chi connectivity index (χ3n) is 4.49. The molecular formula is C22H17ClF2N4O2. The van der Waals surface area contributed by atoms with Crippen LogP contribution in [0.1, 0.15) is 12.1 Å². The first-order valence-corrected chi connectivity index (χ1v) is 9.82. The molecule has 31 heavy (non-hydrogen) atoms. The summed E-state index contributed by atoms with van der Waals surface area (Å²) in [5.41, 5.74) is 0.647. The number of benzene rings is 1. The molecule has 0 saturated carbocycles. The number of aromatic nitrogens is 4. The van der Waals surface area contributed by atoms with Crippen molar-refractivity contribution >= 4 is 23.0 Å². The van der Waals surface area contributed by atoms with E-state index in [0.29, 0.717) is 17.7 Å². The molecule has 1 aromatic carbocycles. The van der Waals surface area contributed by atoms with E-state index in [1.54, 1.807) is 24.3 Å². The van der Waals surface area contributed by atoms with Crippen LogP contribution in [-0.2, 0) is 0 Å². The lowest BCUT2D eigenvalue weighted by Crippen LogP contribution is -2.07. The summed E-state index contributed by atoms with van der Waals surface area (Å²) in [6, 6.07) is 2.15. The highest BCUT2D eigenvalue weighted by molar-refractivity contribution is 6.32. The van der Waals surface area contributed by atoms with Gasteiger partial charge in [0.2, 0.25) is 0 Å². The minimum absolute atomic E-state index is 0.0119. The number of halogens is 3. The number of aliphatic hydroxyl groups is 1. The van der Waals surface area contributed by atoms with Gasteiger partial charge in [-0.15, -0.1) is 0 Å². The molecule has 0 aliphatic heterocycles. The molecule has 0 spiro atoms. The number of hydrogen-bond acceptors (Lipinski definition) is 5. The Hall–Kier alpha value is -3.36. The first-order chi connectivity index (χ1) is 15.1. The smallest absolute Gasteiger partial charge is 0.254 e. The predicted molar refractivity (Wildman–Crippen MR) is 114 cm³/mol. The Morgan fingerprint density at radius 1 is 1.03 bits per heavy atom.